The van der Waals surface area contributed by atoms with Crippen molar-refractivity contribution in [1.82, 2.24) is 20.1 Å². The lowest BCUT2D eigenvalue weighted by atomic mass is 10.1. The topological polar surface area (TPSA) is 88.2 Å². The van der Waals surface area contributed by atoms with Gasteiger partial charge in [0.2, 0.25) is 5.88 Å². The summed E-state index contributed by atoms with van der Waals surface area (Å²) < 4.78 is 5.72. The van der Waals surface area contributed by atoms with Crippen molar-refractivity contribution < 1.29 is 9.53 Å². The zero-order chi connectivity index (χ0) is 17.2. The third-order valence-corrected chi connectivity index (χ3v) is 4.74. The van der Waals surface area contributed by atoms with Gasteiger partial charge < -0.3 is 14.6 Å². The van der Waals surface area contributed by atoms with E-state index in [2.05, 4.69) is 15.2 Å². The molecule has 0 radical (unpaired) electrons. The summed E-state index contributed by atoms with van der Waals surface area (Å²) in [5.41, 5.74) is 0.877. The Labute approximate surface area is 145 Å². The first-order valence-corrected chi connectivity index (χ1v) is 8.64. The van der Waals surface area contributed by atoms with Crippen LogP contribution in [0.5, 0.6) is 5.88 Å². The fourth-order valence-corrected chi connectivity index (χ4v) is 3.12. The molecule has 0 aromatic carbocycles. The number of carbonyl (C=O) groups excluding carboxylic acids is 1. The van der Waals surface area contributed by atoms with Gasteiger partial charge in [-0.15, -0.1) is 5.10 Å². The van der Waals surface area contributed by atoms with Crippen LogP contribution in [0.1, 0.15) is 41.2 Å². The van der Waals surface area contributed by atoms with Crippen LogP contribution < -0.4 is 10.3 Å². The molecule has 0 bridgehead atoms. The number of ether oxygens (including phenoxy) is 1. The van der Waals surface area contributed by atoms with Crippen LogP contribution in [0.15, 0.2) is 35.3 Å². The summed E-state index contributed by atoms with van der Waals surface area (Å²) in [5, 5.41) is 8.32. The molecule has 1 aliphatic carbocycles. The Morgan fingerprint density at radius 2 is 2.12 bits per heavy atom. The lowest BCUT2D eigenvalue weighted by molar-refractivity contribution is 0.0781. The third-order valence-electron chi connectivity index (χ3n) is 4.74. The van der Waals surface area contributed by atoms with Gasteiger partial charge in [0.1, 0.15) is 5.56 Å². The summed E-state index contributed by atoms with van der Waals surface area (Å²) in [6.45, 7) is 1.71. The monoisotopic (exact) mass is 340 g/mol. The van der Waals surface area contributed by atoms with Gasteiger partial charge in [0.25, 0.3) is 11.5 Å². The van der Waals surface area contributed by atoms with Gasteiger partial charge in [-0.25, -0.2) is 0 Å². The normalized spacial score (nSPS) is 19.8. The smallest absolute Gasteiger partial charge is 0.260 e. The van der Waals surface area contributed by atoms with Crippen LogP contribution in [0.25, 0.3) is 0 Å². The fourth-order valence-electron chi connectivity index (χ4n) is 3.12. The average Bonchev–Trinajstić information content (AvgIpc) is 3.38. The Morgan fingerprint density at radius 3 is 2.84 bits per heavy atom. The standard InChI is InChI=1S/C18H20N4O3/c23-17-14(2-1-8-19-17)18(24)22-9-7-12(10-22)11-25-16-6-5-15(20-21-16)13-3-4-13/h1-2,5-6,8,12-13H,3-4,7,9-11H2,(H,19,23). The van der Waals surface area contributed by atoms with Crippen LogP contribution in [-0.2, 0) is 0 Å². The molecule has 25 heavy (non-hydrogen) atoms. The van der Waals surface area contributed by atoms with Gasteiger partial charge in [-0.2, -0.15) is 5.10 Å². The van der Waals surface area contributed by atoms with Crippen molar-refractivity contribution in [3.8, 4) is 5.88 Å². The van der Waals surface area contributed by atoms with Gasteiger partial charge in [0, 0.05) is 37.2 Å². The van der Waals surface area contributed by atoms with Crippen LogP contribution in [-0.4, -0.2) is 45.7 Å². The van der Waals surface area contributed by atoms with Crippen molar-refractivity contribution in [2.45, 2.75) is 25.2 Å². The molecule has 1 unspecified atom stereocenters. The number of rotatable bonds is 5. The molecular weight excluding hydrogens is 320 g/mol. The number of carbonyl (C=O) groups is 1. The van der Waals surface area contributed by atoms with E-state index in [4.69, 9.17) is 4.74 Å². The van der Waals surface area contributed by atoms with Crippen LogP contribution in [0.3, 0.4) is 0 Å². The molecule has 2 fully saturated rings. The molecule has 1 N–H and O–H groups in total. The van der Waals surface area contributed by atoms with Crippen molar-refractivity contribution >= 4 is 5.91 Å². The molecule has 0 spiro atoms. The van der Waals surface area contributed by atoms with Crippen LogP contribution in [0.4, 0.5) is 0 Å². The van der Waals surface area contributed by atoms with Crippen LogP contribution in [0.2, 0.25) is 0 Å². The van der Waals surface area contributed by atoms with Gasteiger partial charge in [-0.3, -0.25) is 9.59 Å². The predicted octanol–water partition coefficient (Wildman–Crippen LogP) is 1.58. The van der Waals surface area contributed by atoms with Crippen molar-refractivity contribution in [1.29, 1.82) is 0 Å². The van der Waals surface area contributed by atoms with E-state index in [9.17, 15) is 9.59 Å². The minimum absolute atomic E-state index is 0.186. The number of likely N-dealkylation sites (tertiary alicyclic amines) is 1. The van der Waals surface area contributed by atoms with E-state index in [0.717, 1.165) is 12.1 Å². The van der Waals surface area contributed by atoms with E-state index in [1.54, 1.807) is 17.0 Å². The SMILES string of the molecule is O=C(c1ccc[nH]c1=O)N1CCC(COc2ccc(C3CC3)nn2)C1. The zero-order valence-corrected chi connectivity index (χ0v) is 13.9. The Balaban J connectivity index is 1.31. The van der Waals surface area contributed by atoms with E-state index in [0.29, 0.717) is 31.5 Å². The molecule has 4 rings (SSSR count). The van der Waals surface area contributed by atoms with E-state index in [1.807, 2.05) is 12.1 Å². The minimum Gasteiger partial charge on any atom is -0.476 e. The van der Waals surface area contributed by atoms with E-state index >= 15 is 0 Å². The Kier molecular flexibility index (Phi) is 4.21. The quantitative estimate of drug-likeness (QED) is 0.893. The predicted molar refractivity (Wildman–Crippen MR) is 90.6 cm³/mol. The maximum atomic E-state index is 12.4. The van der Waals surface area contributed by atoms with Crippen LogP contribution in [0, 0.1) is 5.92 Å². The Morgan fingerprint density at radius 1 is 1.24 bits per heavy atom. The number of nitrogens with one attached hydrogen (secondary N) is 1. The lowest BCUT2D eigenvalue weighted by Gasteiger charge is -2.16. The highest BCUT2D eigenvalue weighted by atomic mass is 16.5. The zero-order valence-electron chi connectivity index (χ0n) is 13.9. The summed E-state index contributed by atoms with van der Waals surface area (Å²) in [6, 6.07) is 7.06. The molecule has 1 saturated carbocycles. The second-order valence-corrected chi connectivity index (χ2v) is 6.70. The fraction of sp³-hybridized carbons (Fsp3) is 0.444. The Bertz CT molecular complexity index is 814. The first-order chi connectivity index (χ1) is 12.2. The van der Waals surface area contributed by atoms with E-state index in [-0.39, 0.29) is 22.9 Å². The summed E-state index contributed by atoms with van der Waals surface area (Å²) in [5.74, 6) is 1.11. The van der Waals surface area contributed by atoms with E-state index < -0.39 is 0 Å². The number of hydrogen-bond acceptors (Lipinski definition) is 5. The summed E-state index contributed by atoms with van der Waals surface area (Å²) in [6.07, 6.45) is 4.77. The number of aromatic nitrogens is 3. The van der Waals surface area contributed by atoms with Crippen molar-refractivity contribution in [2.24, 2.45) is 5.92 Å². The number of H-pyrrole nitrogens is 1. The van der Waals surface area contributed by atoms with Crippen molar-refractivity contribution in [2.75, 3.05) is 19.7 Å². The van der Waals surface area contributed by atoms with Gasteiger partial charge in [0.05, 0.1) is 12.3 Å². The second kappa shape index (κ2) is 6.66. The van der Waals surface area contributed by atoms with Gasteiger partial charge in [-0.05, 0) is 37.5 Å². The van der Waals surface area contributed by atoms with Crippen LogP contribution >= 0.6 is 0 Å². The highest BCUT2D eigenvalue weighted by Crippen LogP contribution is 2.38. The lowest BCUT2D eigenvalue weighted by Crippen LogP contribution is -2.33. The second-order valence-electron chi connectivity index (χ2n) is 6.70. The van der Waals surface area contributed by atoms with Gasteiger partial charge >= 0.3 is 0 Å². The molecule has 7 nitrogen and oxygen atoms in total. The molecule has 1 saturated heterocycles. The van der Waals surface area contributed by atoms with Crippen molar-refractivity contribution in [3.05, 3.63) is 52.1 Å². The number of pyridine rings is 1. The molecule has 1 amide bonds. The molecular formula is C18H20N4O3. The molecule has 2 aliphatic rings. The number of nitrogens with zero attached hydrogens (tertiary/aromatic N) is 3. The van der Waals surface area contributed by atoms with E-state index in [1.165, 1.54) is 19.0 Å². The molecule has 1 atom stereocenters. The number of hydrogen-bond donors (Lipinski definition) is 1. The summed E-state index contributed by atoms with van der Waals surface area (Å²) >= 11 is 0. The maximum absolute atomic E-state index is 12.4. The Hall–Kier alpha value is -2.70. The molecule has 130 valence electrons. The molecule has 1 aliphatic heterocycles. The molecule has 2 aromatic heterocycles. The molecule has 7 heteroatoms. The highest BCUT2D eigenvalue weighted by Gasteiger charge is 2.29. The maximum Gasteiger partial charge on any atom is 0.260 e. The number of amides is 1. The molecule has 2 aromatic rings. The van der Waals surface area contributed by atoms with Gasteiger partial charge in [0.15, 0.2) is 0 Å². The van der Waals surface area contributed by atoms with Gasteiger partial charge in [-0.1, -0.05) is 0 Å². The third kappa shape index (κ3) is 3.55. The highest BCUT2D eigenvalue weighted by molar-refractivity contribution is 5.93. The minimum atomic E-state index is -0.349. The molecule has 3 heterocycles. The van der Waals surface area contributed by atoms with Crippen molar-refractivity contribution in [3.63, 3.8) is 0 Å². The first-order valence-electron chi connectivity index (χ1n) is 8.64. The number of aromatic amines is 1. The summed E-state index contributed by atoms with van der Waals surface area (Å²) in [4.78, 5) is 28.4. The summed E-state index contributed by atoms with van der Waals surface area (Å²) in [7, 11) is 0. The largest absolute Gasteiger partial charge is 0.476 e. The average molecular weight is 340 g/mol. The first kappa shape index (κ1) is 15.8.